The number of hydrogen-bond acceptors (Lipinski definition) is 5. The van der Waals surface area contributed by atoms with Crippen LogP contribution in [0.5, 0.6) is 0 Å². The van der Waals surface area contributed by atoms with Crippen molar-refractivity contribution in [3.8, 4) is 11.1 Å². The average molecular weight is 360 g/mol. The highest BCUT2D eigenvalue weighted by Gasteiger charge is 2.23. The predicted molar refractivity (Wildman–Crippen MR) is 95.4 cm³/mol. The third-order valence-corrected chi connectivity index (χ3v) is 5.71. The Balaban J connectivity index is 2.39. The van der Waals surface area contributed by atoms with Gasteiger partial charge in [0.25, 0.3) is 0 Å². The monoisotopic (exact) mass is 360 g/mol. The topological polar surface area (TPSA) is 75.2 Å². The number of halogens is 1. The zero-order chi connectivity index (χ0) is 18.2. The van der Waals surface area contributed by atoms with Crippen molar-refractivity contribution in [2.24, 2.45) is 0 Å². The molecule has 0 amide bonds. The van der Waals surface area contributed by atoms with Gasteiger partial charge in [0.05, 0.1) is 5.52 Å². The van der Waals surface area contributed by atoms with Gasteiger partial charge in [-0.25, -0.2) is 27.1 Å². The molecule has 2 aromatic carbocycles. The summed E-state index contributed by atoms with van der Waals surface area (Å²) in [6.07, 6.45) is 1.32. The number of aromatic nitrogens is 2. The minimum atomic E-state index is -3.73. The van der Waals surface area contributed by atoms with E-state index in [0.29, 0.717) is 27.8 Å². The van der Waals surface area contributed by atoms with Crippen LogP contribution in [0, 0.1) is 5.82 Å². The lowest BCUT2D eigenvalue weighted by Gasteiger charge is -2.16. The number of benzene rings is 2. The van der Waals surface area contributed by atoms with Crippen molar-refractivity contribution < 1.29 is 12.8 Å². The van der Waals surface area contributed by atoms with Crippen LogP contribution in [0.2, 0.25) is 0 Å². The molecule has 3 aromatic rings. The summed E-state index contributed by atoms with van der Waals surface area (Å²) in [5, 5.41) is 3.52. The molecule has 0 atom stereocenters. The molecule has 0 aliphatic rings. The number of hydrogen-bond donors (Lipinski definition) is 1. The van der Waals surface area contributed by atoms with Gasteiger partial charge in [0.1, 0.15) is 22.9 Å². The molecule has 0 aliphatic heterocycles. The van der Waals surface area contributed by atoms with Gasteiger partial charge in [-0.3, -0.25) is 0 Å². The Morgan fingerprint density at radius 3 is 2.32 bits per heavy atom. The molecule has 1 N–H and O–H groups in total. The van der Waals surface area contributed by atoms with Crippen LogP contribution in [-0.2, 0) is 10.0 Å². The molecule has 0 aliphatic carbocycles. The number of sulfonamides is 1. The Bertz CT molecular complexity index is 1030. The third kappa shape index (κ3) is 3.06. The van der Waals surface area contributed by atoms with Crippen molar-refractivity contribution in [3.05, 3.63) is 48.5 Å². The molecular formula is C17H17FN4O2S. The Morgan fingerprint density at radius 2 is 1.72 bits per heavy atom. The van der Waals surface area contributed by atoms with Crippen LogP contribution in [0.1, 0.15) is 0 Å². The predicted octanol–water partition coefficient (Wildman–Crippen LogP) is 2.73. The molecule has 1 aromatic heterocycles. The van der Waals surface area contributed by atoms with Gasteiger partial charge in [0.15, 0.2) is 0 Å². The summed E-state index contributed by atoms with van der Waals surface area (Å²) in [7, 11) is 0.903. The van der Waals surface area contributed by atoms with Gasteiger partial charge in [-0.15, -0.1) is 0 Å². The van der Waals surface area contributed by atoms with Crippen molar-refractivity contribution in [2.75, 3.05) is 26.5 Å². The van der Waals surface area contributed by atoms with Crippen LogP contribution >= 0.6 is 0 Å². The second-order valence-electron chi connectivity index (χ2n) is 5.64. The molecule has 1 heterocycles. The second kappa shape index (κ2) is 6.38. The van der Waals surface area contributed by atoms with Crippen LogP contribution in [0.3, 0.4) is 0 Å². The highest BCUT2D eigenvalue weighted by Crippen LogP contribution is 2.33. The molecule has 0 saturated carbocycles. The van der Waals surface area contributed by atoms with E-state index in [1.54, 1.807) is 31.3 Å². The zero-order valence-electron chi connectivity index (χ0n) is 14.0. The summed E-state index contributed by atoms with van der Waals surface area (Å²) in [6.45, 7) is 0. The van der Waals surface area contributed by atoms with Crippen molar-refractivity contribution >= 4 is 26.7 Å². The van der Waals surface area contributed by atoms with E-state index in [2.05, 4.69) is 15.3 Å². The van der Waals surface area contributed by atoms with Gasteiger partial charge in [0.2, 0.25) is 10.0 Å². The number of anilines is 1. The molecule has 25 heavy (non-hydrogen) atoms. The van der Waals surface area contributed by atoms with Crippen LogP contribution in [0.4, 0.5) is 10.2 Å². The first-order chi connectivity index (χ1) is 11.8. The highest BCUT2D eigenvalue weighted by atomic mass is 32.2. The van der Waals surface area contributed by atoms with E-state index in [4.69, 9.17) is 0 Å². The lowest BCUT2D eigenvalue weighted by atomic mass is 10.0. The van der Waals surface area contributed by atoms with Crippen LogP contribution < -0.4 is 5.32 Å². The normalized spacial score (nSPS) is 11.9. The minimum Gasteiger partial charge on any atom is -0.373 e. The molecule has 130 valence electrons. The molecule has 0 bridgehead atoms. The molecule has 0 fully saturated rings. The van der Waals surface area contributed by atoms with Crippen molar-refractivity contribution in [1.82, 2.24) is 14.3 Å². The molecular weight excluding hydrogens is 343 g/mol. The van der Waals surface area contributed by atoms with Crippen molar-refractivity contribution in [3.63, 3.8) is 0 Å². The molecule has 0 radical (unpaired) electrons. The molecule has 0 unspecified atom stereocenters. The van der Waals surface area contributed by atoms with Gasteiger partial charge < -0.3 is 5.32 Å². The summed E-state index contributed by atoms with van der Waals surface area (Å²) < 4.78 is 39.9. The smallest absolute Gasteiger partial charge is 0.244 e. The Kier molecular flexibility index (Phi) is 4.40. The van der Waals surface area contributed by atoms with Gasteiger partial charge in [-0.1, -0.05) is 12.1 Å². The maximum atomic E-state index is 13.2. The minimum absolute atomic E-state index is 0.0771. The number of nitrogens with one attached hydrogen (secondary N) is 1. The lowest BCUT2D eigenvalue weighted by Crippen LogP contribution is -2.22. The third-order valence-electron chi connectivity index (χ3n) is 3.88. The molecule has 0 spiro atoms. The highest BCUT2D eigenvalue weighted by molar-refractivity contribution is 7.89. The fourth-order valence-corrected chi connectivity index (χ4v) is 3.61. The maximum Gasteiger partial charge on any atom is 0.244 e. The van der Waals surface area contributed by atoms with Crippen LogP contribution in [0.25, 0.3) is 22.0 Å². The maximum absolute atomic E-state index is 13.2. The van der Waals surface area contributed by atoms with E-state index in [1.807, 2.05) is 0 Å². The summed E-state index contributed by atoms with van der Waals surface area (Å²) in [5.41, 5.74) is 1.67. The van der Waals surface area contributed by atoms with Gasteiger partial charge in [0, 0.05) is 26.5 Å². The summed E-state index contributed by atoms with van der Waals surface area (Å²) in [4.78, 5) is 8.40. The number of nitrogens with zero attached hydrogens (tertiary/aromatic N) is 3. The van der Waals surface area contributed by atoms with E-state index >= 15 is 0 Å². The fraction of sp³-hybridized carbons (Fsp3) is 0.176. The van der Waals surface area contributed by atoms with E-state index < -0.39 is 10.0 Å². The van der Waals surface area contributed by atoms with E-state index in [0.717, 1.165) is 4.31 Å². The zero-order valence-corrected chi connectivity index (χ0v) is 14.8. The second-order valence-corrected chi connectivity index (χ2v) is 7.76. The largest absolute Gasteiger partial charge is 0.373 e. The molecule has 3 rings (SSSR count). The quantitative estimate of drug-likeness (QED) is 0.774. The van der Waals surface area contributed by atoms with Crippen molar-refractivity contribution in [1.29, 1.82) is 0 Å². The van der Waals surface area contributed by atoms with E-state index in [-0.39, 0.29) is 10.7 Å². The molecule has 0 saturated heterocycles. The standard InChI is InChI=1S/C17H17FN4O2S/c1-19-17-14-8-12(11-4-6-13(18)7-5-11)9-15(16(14)20-10-21-17)25(23,24)22(2)3/h4-10H,1-3H3,(H,19,20,21). The number of fused-ring (bicyclic) bond motifs is 1. The SMILES string of the molecule is CNc1ncnc2c(S(=O)(=O)N(C)C)cc(-c3ccc(F)cc3)cc12. The fourth-order valence-electron chi connectivity index (χ4n) is 2.54. The van der Waals surface area contributed by atoms with Gasteiger partial charge in [-0.2, -0.15) is 0 Å². The first-order valence-corrected chi connectivity index (χ1v) is 8.93. The Morgan fingerprint density at radius 1 is 1.04 bits per heavy atom. The van der Waals surface area contributed by atoms with E-state index in [1.165, 1.54) is 32.6 Å². The Hall–Kier alpha value is -2.58. The summed E-state index contributed by atoms with van der Waals surface area (Å²) in [6, 6.07) is 9.22. The van der Waals surface area contributed by atoms with Gasteiger partial charge >= 0.3 is 0 Å². The van der Waals surface area contributed by atoms with E-state index in [9.17, 15) is 12.8 Å². The average Bonchev–Trinajstić information content (AvgIpc) is 2.60. The lowest BCUT2D eigenvalue weighted by molar-refractivity contribution is 0.521. The Labute approximate surface area is 145 Å². The molecule has 6 nitrogen and oxygen atoms in total. The van der Waals surface area contributed by atoms with Crippen LogP contribution in [0.15, 0.2) is 47.6 Å². The summed E-state index contributed by atoms with van der Waals surface area (Å²) >= 11 is 0. The number of rotatable bonds is 4. The first-order valence-electron chi connectivity index (χ1n) is 7.49. The van der Waals surface area contributed by atoms with Crippen molar-refractivity contribution in [2.45, 2.75) is 4.90 Å². The first kappa shape index (κ1) is 17.2. The van der Waals surface area contributed by atoms with Gasteiger partial charge in [-0.05, 0) is 35.4 Å². The summed E-state index contributed by atoms with van der Waals surface area (Å²) in [5.74, 6) is 0.161. The van der Waals surface area contributed by atoms with Crippen LogP contribution in [-0.4, -0.2) is 43.8 Å². The molecule has 8 heteroatoms.